The molecule has 0 saturated heterocycles. The summed E-state index contributed by atoms with van der Waals surface area (Å²) in [5.41, 5.74) is 5.66. The number of hydrazone groups is 2. The lowest BCUT2D eigenvalue weighted by molar-refractivity contribution is 0.0945. The monoisotopic (exact) mass is 619 g/mol. The average molecular weight is 621 g/mol. The van der Waals surface area contributed by atoms with Gasteiger partial charge in [-0.15, -0.1) is 0 Å². The van der Waals surface area contributed by atoms with Crippen LogP contribution in [-0.2, 0) is 0 Å². The fourth-order valence-electron chi connectivity index (χ4n) is 2.78. The average Bonchev–Trinajstić information content (AvgIpc) is 2.87. The van der Waals surface area contributed by atoms with Gasteiger partial charge >= 0.3 is 0 Å². The molecule has 1 aromatic heterocycles. The molecule has 11 nitrogen and oxygen atoms in total. The molecule has 0 aliphatic carbocycles. The van der Waals surface area contributed by atoms with Crippen molar-refractivity contribution in [1.29, 1.82) is 0 Å². The number of rotatable bonds is 8. The summed E-state index contributed by atoms with van der Waals surface area (Å²) in [6, 6.07) is 10.6. The lowest BCUT2D eigenvalue weighted by Gasteiger charge is -2.06. The first kappa shape index (κ1) is 26.6. The van der Waals surface area contributed by atoms with Crippen LogP contribution in [0.15, 0.2) is 61.6 Å². The molecule has 186 valence electrons. The maximum atomic E-state index is 12.4. The zero-order valence-electron chi connectivity index (χ0n) is 18.8. The van der Waals surface area contributed by atoms with Crippen LogP contribution in [0.4, 0.5) is 0 Å². The number of carbonyl (C=O) groups excluding carboxylic acids is 2. The highest BCUT2D eigenvalue weighted by Crippen LogP contribution is 2.35. The molecule has 0 atom stereocenters. The highest BCUT2D eigenvalue weighted by molar-refractivity contribution is 9.10. The molecule has 0 spiro atoms. The number of benzene rings is 2. The number of carbonyl (C=O) groups is 2. The first-order valence-electron chi connectivity index (χ1n) is 10.00. The van der Waals surface area contributed by atoms with Gasteiger partial charge in [-0.05, 0) is 79.4 Å². The van der Waals surface area contributed by atoms with E-state index in [1.165, 1.54) is 57.0 Å². The number of nitrogens with one attached hydrogen (secondary N) is 2. The maximum absolute atomic E-state index is 12.4. The molecular weight excluding hydrogens is 602 g/mol. The van der Waals surface area contributed by atoms with E-state index in [0.717, 1.165) is 0 Å². The Hall–Kier alpha value is -3.97. The van der Waals surface area contributed by atoms with Crippen LogP contribution in [0.2, 0.25) is 0 Å². The van der Waals surface area contributed by atoms with E-state index in [1.807, 2.05) is 0 Å². The third-order valence-corrected chi connectivity index (χ3v) is 5.72. The van der Waals surface area contributed by atoms with E-state index in [0.29, 0.717) is 20.1 Å². The second kappa shape index (κ2) is 12.1. The summed E-state index contributed by atoms with van der Waals surface area (Å²) in [7, 11) is 2.82. The van der Waals surface area contributed by atoms with Gasteiger partial charge in [-0.3, -0.25) is 9.59 Å². The number of hydrogen-bond acceptors (Lipinski definition) is 9. The lowest BCUT2D eigenvalue weighted by Crippen LogP contribution is -2.23. The highest BCUT2D eigenvalue weighted by atomic mass is 79.9. The molecule has 3 aromatic rings. The van der Waals surface area contributed by atoms with Crippen LogP contribution in [0, 0.1) is 0 Å². The number of ether oxygens (including phenoxy) is 2. The maximum Gasteiger partial charge on any atom is 0.289 e. The lowest BCUT2D eigenvalue weighted by atomic mass is 10.2. The molecule has 2 aromatic carbocycles. The Bertz CT molecular complexity index is 1260. The predicted molar refractivity (Wildman–Crippen MR) is 139 cm³/mol. The molecule has 1 heterocycles. The van der Waals surface area contributed by atoms with Crippen LogP contribution < -0.4 is 20.3 Å². The SMILES string of the molecule is COc1cc(/C=N/NC(=O)c2cccc(C(=O)N/N=C/c3cc(Br)c(O)c(OC)c3)n2)cc(Br)c1O. The number of nitrogens with zero attached hydrogens (tertiary/aromatic N) is 3. The van der Waals surface area contributed by atoms with Crippen LogP contribution >= 0.6 is 31.9 Å². The number of phenols is 2. The Kier molecular flexibility index (Phi) is 8.97. The van der Waals surface area contributed by atoms with Crippen molar-refractivity contribution in [1.82, 2.24) is 15.8 Å². The number of halogens is 2. The number of pyridine rings is 1. The van der Waals surface area contributed by atoms with Gasteiger partial charge in [0.25, 0.3) is 11.8 Å². The number of hydrogen-bond donors (Lipinski definition) is 4. The Morgan fingerprint density at radius 1 is 0.833 bits per heavy atom. The van der Waals surface area contributed by atoms with Crippen molar-refractivity contribution in [3.8, 4) is 23.0 Å². The van der Waals surface area contributed by atoms with Gasteiger partial charge in [0.15, 0.2) is 23.0 Å². The molecule has 13 heteroatoms. The minimum Gasteiger partial charge on any atom is -0.503 e. The minimum absolute atomic E-state index is 0.0413. The zero-order valence-corrected chi connectivity index (χ0v) is 22.0. The smallest absolute Gasteiger partial charge is 0.289 e. The Morgan fingerprint density at radius 3 is 1.64 bits per heavy atom. The molecule has 36 heavy (non-hydrogen) atoms. The second-order valence-corrected chi connectivity index (χ2v) is 8.62. The summed E-state index contributed by atoms with van der Waals surface area (Å²) in [5, 5.41) is 27.5. The molecule has 0 saturated carbocycles. The number of aromatic hydroxyl groups is 2. The zero-order chi connectivity index (χ0) is 26.2. The minimum atomic E-state index is -0.643. The van der Waals surface area contributed by atoms with E-state index in [1.54, 1.807) is 12.1 Å². The summed E-state index contributed by atoms with van der Waals surface area (Å²) in [4.78, 5) is 28.9. The molecule has 0 fully saturated rings. The second-order valence-electron chi connectivity index (χ2n) is 6.91. The first-order valence-corrected chi connectivity index (χ1v) is 11.6. The number of aromatic nitrogens is 1. The Morgan fingerprint density at radius 2 is 1.25 bits per heavy atom. The van der Waals surface area contributed by atoms with Crippen molar-refractivity contribution < 1.29 is 29.3 Å². The van der Waals surface area contributed by atoms with E-state index >= 15 is 0 Å². The molecule has 0 bridgehead atoms. The Balaban J connectivity index is 1.64. The van der Waals surface area contributed by atoms with E-state index in [-0.39, 0.29) is 34.4 Å². The van der Waals surface area contributed by atoms with Crippen LogP contribution in [0.1, 0.15) is 32.1 Å². The van der Waals surface area contributed by atoms with Gasteiger partial charge in [-0.1, -0.05) is 6.07 Å². The predicted octanol–water partition coefficient (Wildman–Crippen LogP) is 3.56. The van der Waals surface area contributed by atoms with Gasteiger partial charge in [0.1, 0.15) is 11.4 Å². The van der Waals surface area contributed by atoms with Crippen LogP contribution in [0.5, 0.6) is 23.0 Å². The third-order valence-electron chi connectivity index (χ3n) is 4.52. The fraction of sp³-hybridized carbons (Fsp3) is 0.0870. The summed E-state index contributed by atoms with van der Waals surface area (Å²) in [5.74, 6) is -0.934. The summed E-state index contributed by atoms with van der Waals surface area (Å²) in [6.07, 6.45) is 2.71. The number of phenolic OH excluding ortho intramolecular Hbond substituents is 2. The molecule has 0 aliphatic rings. The molecular formula is C23H19Br2N5O6. The molecule has 3 rings (SSSR count). The van der Waals surface area contributed by atoms with Gasteiger partial charge in [-0.2, -0.15) is 10.2 Å². The fourth-order valence-corrected chi connectivity index (χ4v) is 3.70. The van der Waals surface area contributed by atoms with Crippen LogP contribution in [0.25, 0.3) is 0 Å². The third kappa shape index (κ3) is 6.58. The van der Waals surface area contributed by atoms with Crippen molar-refractivity contribution in [2.24, 2.45) is 10.2 Å². The Labute approximate surface area is 222 Å². The van der Waals surface area contributed by atoms with Crippen molar-refractivity contribution in [2.45, 2.75) is 0 Å². The van der Waals surface area contributed by atoms with Gasteiger partial charge in [-0.25, -0.2) is 15.8 Å². The standard InChI is InChI=1S/C23H19Br2N5O6/c1-35-18-8-12(6-14(24)20(18)31)10-26-29-22(33)16-4-3-5-17(28-16)23(34)30-27-11-13-7-15(25)21(32)19(9-13)36-2/h3-11,31-32H,1-2H3,(H,29,33)(H,30,34)/b26-10+,27-11+. The number of amides is 2. The van der Waals surface area contributed by atoms with Crippen molar-refractivity contribution in [2.75, 3.05) is 14.2 Å². The summed E-state index contributed by atoms with van der Waals surface area (Å²) >= 11 is 6.41. The van der Waals surface area contributed by atoms with Gasteiger partial charge in [0.2, 0.25) is 0 Å². The van der Waals surface area contributed by atoms with Crippen LogP contribution in [-0.4, -0.2) is 53.7 Å². The summed E-state index contributed by atoms with van der Waals surface area (Å²) in [6.45, 7) is 0. The molecule has 0 unspecified atom stereocenters. The topological polar surface area (TPSA) is 155 Å². The van der Waals surface area contributed by atoms with E-state index in [4.69, 9.17) is 9.47 Å². The summed E-state index contributed by atoms with van der Waals surface area (Å²) < 4.78 is 10.9. The number of methoxy groups -OCH3 is 2. The van der Waals surface area contributed by atoms with Crippen molar-refractivity contribution >= 4 is 56.1 Å². The first-order chi connectivity index (χ1) is 17.2. The normalized spacial score (nSPS) is 11.0. The molecule has 4 N–H and O–H groups in total. The van der Waals surface area contributed by atoms with Gasteiger partial charge < -0.3 is 19.7 Å². The van der Waals surface area contributed by atoms with Crippen LogP contribution in [0.3, 0.4) is 0 Å². The highest BCUT2D eigenvalue weighted by Gasteiger charge is 2.12. The van der Waals surface area contributed by atoms with E-state index in [2.05, 4.69) is 57.9 Å². The molecule has 0 aliphatic heterocycles. The van der Waals surface area contributed by atoms with E-state index < -0.39 is 11.8 Å². The van der Waals surface area contributed by atoms with Crippen molar-refractivity contribution in [3.63, 3.8) is 0 Å². The van der Waals surface area contributed by atoms with E-state index in [9.17, 15) is 19.8 Å². The largest absolute Gasteiger partial charge is 0.503 e. The van der Waals surface area contributed by atoms with Gasteiger partial charge in [0.05, 0.1) is 35.6 Å². The van der Waals surface area contributed by atoms with Crippen molar-refractivity contribution in [3.05, 3.63) is 73.9 Å². The quantitative estimate of drug-likeness (QED) is 0.222. The van der Waals surface area contributed by atoms with Gasteiger partial charge in [0, 0.05) is 0 Å². The molecule has 0 radical (unpaired) electrons. The molecule has 2 amide bonds.